The number of carbonyl (C=O) groups excluding carboxylic acids is 1. The molecular formula is C13H20N2O2. The van der Waals surface area contributed by atoms with Crippen molar-refractivity contribution in [3.8, 4) is 5.75 Å². The maximum absolute atomic E-state index is 11.5. The molecule has 0 fully saturated rings. The normalized spacial score (nSPS) is 9.82. The van der Waals surface area contributed by atoms with Crippen molar-refractivity contribution in [1.82, 2.24) is 5.32 Å². The fourth-order valence-corrected chi connectivity index (χ4v) is 1.51. The molecule has 17 heavy (non-hydrogen) atoms. The Morgan fingerprint density at radius 3 is 2.76 bits per heavy atom. The molecule has 0 aromatic heterocycles. The van der Waals surface area contributed by atoms with Gasteiger partial charge in [-0.05, 0) is 37.1 Å². The molecular weight excluding hydrogens is 216 g/mol. The third-order valence-corrected chi connectivity index (χ3v) is 2.47. The smallest absolute Gasteiger partial charge is 0.319 e. The quantitative estimate of drug-likeness (QED) is 0.772. The summed E-state index contributed by atoms with van der Waals surface area (Å²) >= 11 is 0. The van der Waals surface area contributed by atoms with E-state index in [1.165, 1.54) is 0 Å². The SMILES string of the molecule is CCCCNC(=O)Nc1ccc(OC)c(C)c1. The highest BCUT2D eigenvalue weighted by molar-refractivity contribution is 5.89. The highest BCUT2D eigenvalue weighted by atomic mass is 16.5. The lowest BCUT2D eigenvalue weighted by molar-refractivity contribution is 0.252. The van der Waals surface area contributed by atoms with E-state index in [0.29, 0.717) is 6.54 Å². The predicted molar refractivity (Wildman–Crippen MR) is 69.7 cm³/mol. The number of carbonyl (C=O) groups is 1. The summed E-state index contributed by atoms with van der Waals surface area (Å²) in [7, 11) is 1.63. The largest absolute Gasteiger partial charge is 0.496 e. The maximum atomic E-state index is 11.5. The number of hydrogen-bond acceptors (Lipinski definition) is 2. The van der Waals surface area contributed by atoms with Crippen molar-refractivity contribution < 1.29 is 9.53 Å². The second kappa shape index (κ2) is 6.78. The lowest BCUT2D eigenvalue weighted by atomic mass is 10.2. The van der Waals surface area contributed by atoms with Gasteiger partial charge in [0.25, 0.3) is 0 Å². The van der Waals surface area contributed by atoms with Gasteiger partial charge in [-0.3, -0.25) is 0 Å². The summed E-state index contributed by atoms with van der Waals surface area (Å²) in [4.78, 5) is 11.5. The molecule has 0 aliphatic heterocycles. The molecule has 0 atom stereocenters. The van der Waals surface area contributed by atoms with E-state index in [4.69, 9.17) is 4.74 Å². The van der Waals surface area contributed by atoms with Crippen LogP contribution >= 0.6 is 0 Å². The molecule has 0 radical (unpaired) electrons. The van der Waals surface area contributed by atoms with Gasteiger partial charge >= 0.3 is 6.03 Å². The van der Waals surface area contributed by atoms with Gasteiger partial charge in [0.1, 0.15) is 5.75 Å². The van der Waals surface area contributed by atoms with Crippen LogP contribution in [0.3, 0.4) is 0 Å². The van der Waals surface area contributed by atoms with Crippen LogP contribution in [-0.4, -0.2) is 19.7 Å². The molecule has 1 rings (SSSR count). The Hall–Kier alpha value is -1.71. The van der Waals surface area contributed by atoms with Crippen LogP contribution in [0.2, 0.25) is 0 Å². The minimum Gasteiger partial charge on any atom is -0.496 e. The Morgan fingerprint density at radius 1 is 1.41 bits per heavy atom. The topological polar surface area (TPSA) is 50.4 Å². The number of methoxy groups -OCH3 is 1. The van der Waals surface area contributed by atoms with E-state index in [1.807, 2.05) is 25.1 Å². The molecule has 0 spiro atoms. The third kappa shape index (κ3) is 4.34. The van der Waals surface area contributed by atoms with Gasteiger partial charge in [-0.1, -0.05) is 13.3 Å². The van der Waals surface area contributed by atoms with Crippen molar-refractivity contribution >= 4 is 11.7 Å². The number of urea groups is 1. The van der Waals surface area contributed by atoms with Gasteiger partial charge in [0.05, 0.1) is 7.11 Å². The Labute approximate surface area is 102 Å². The summed E-state index contributed by atoms with van der Waals surface area (Å²) in [6.45, 7) is 4.74. The monoisotopic (exact) mass is 236 g/mol. The molecule has 2 N–H and O–H groups in total. The van der Waals surface area contributed by atoms with Crippen molar-refractivity contribution in [2.75, 3.05) is 19.0 Å². The first-order valence-corrected chi connectivity index (χ1v) is 5.87. The molecule has 0 aliphatic carbocycles. The molecule has 0 aliphatic rings. The number of anilines is 1. The van der Waals surface area contributed by atoms with E-state index in [1.54, 1.807) is 7.11 Å². The first kappa shape index (κ1) is 13.4. The zero-order chi connectivity index (χ0) is 12.7. The summed E-state index contributed by atoms with van der Waals surface area (Å²) in [5.41, 5.74) is 1.77. The van der Waals surface area contributed by atoms with E-state index in [2.05, 4.69) is 17.6 Å². The van der Waals surface area contributed by atoms with Crippen LogP contribution < -0.4 is 15.4 Å². The number of aryl methyl sites for hydroxylation is 1. The van der Waals surface area contributed by atoms with Gasteiger partial charge in [0.2, 0.25) is 0 Å². The van der Waals surface area contributed by atoms with Crippen molar-refractivity contribution in [3.63, 3.8) is 0 Å². The van der Waals surface area contributed by atoms with Gasteiger partial charge in [0.15, 0.2) is 0 Å². The summed E-state index contributed by atoms with van der Waals surface area (Å²) in [5, 5.41) is 5.59. The predicted octanol–water partition coefficient (Wildman–Crippen LogP) is 2.93. The zero-order valence-electron chi connectivity index (χ0n) is 10.7. The highest BCUT2D eigenvalue weighted by Gasteiger charge is 2.03. The average Bonchev–Trinajstić information content (AvgIpc) is 2.29. The Morgan fingerprint density at radius 2 is 2.18 bits per heavy atom. The molecule has 0 saturated heterocycles. The molecule has 2 amide bonds. The fourth-order valence-electron chi connectivity index (χ4n) is 1.51. The summed E-state index contributed by atoms with van der Waals surface area (Å²) in [5.74, 6) is 0.821. The molecule has 0 bridgehead atoms. The van der Waals surface area contributed by atoms with Gasteiger partial charge < -0.3 is 15.4 Å². The van der Waals surface area contributed by atoms with Crippen LogP contribution in [0, 0.1) is 6.92 Å². The van der Waals surface area contributed by atoms with Gasteiger partial charge in [-0.15, -0.1) is 0 Å². The van der Waals surface area contributed by atoms with Crippen LogP contribution in [-0.2, 0) is 0 Å². The Kier molecular flexibility index (Phi) is 5.33. The standard InChI is InChI=1S/C13H20N2O2/c1-4-5-8-14-13(16)15-11-6-7-12(17-3)10(2)9-11/h6-7,9H,4-5,8H2,1-3H3,(H2,14,15,16). The van der Waals surface area contributed by atoms with Crippen molar-refractivity contribution in [1.29, 1.82) is 0 Å². The van der Waals surface area contributed by atoms with Crippen LogP contribution in [0.15, 0.2) is 18.2 Å². The number of rotatable bonds is 5. The van der Waals surface area contributed by atoms with E-state index in [0.717, 1.165) is 29.8 Å². The molecule has 4 nitrogen and oxygen atoms in total. The lowest BCUT2D eigenvalue weighted by Crippen LogP contribution is -2.29. The molecule has 4 heteroatoms. The molecule has 0 saturated carbocycles. The second-order valence-corrected chi connectivity index (χ2v) is 3.92. The third-order valence-electron chi connectivity index (χ3n) is 2.47. The molecule has 0 unspecified atom stereocenters. The molecule has 1 aromatic carbocycles. The van der Waals surface area contributed by atoms with Crippen molar-refractivity contribution in [2.45, 2.75) is 26.7 Å². The Bertz CT molecular complexity index is 378. The molecule has 1 aromatic rings. The number of ether oxygens (including phenoxy) is 1. The van der Waals surface area contributed by atoms with Gasteiger partial charge in [0, 0.05) is 12.2 Å². The number of hydrogen-bond donors (Lipinski definition) is 2. The summed E-state index contributed by atoms with van der Waals surface area (Å²) < 4.78 is 5.16. The van der Waals surface area contributed by atoms with E-state index in [9.17, 15) is 4.79 Å². The maximum Gasteiger partial charge on any atom is 0.319 e. The average molecular weight is 236 g/mol. The summed E-state index contributed by atoms with van der Waals surface area (Å²) in [6.07, 6.45) is 2.07. The second-order valence-electron chi connectivity index (χ2n) is 3.92. The zero-order valence-corrected chi connectivity index (χ0v) is 10.7. The minimum atomic E-state index is -0.164. The van der Waals surface area contributed by atoms with Crippen LogP contribution in [0.1, 0.15) is 25.3 Å². The lowest BCUT2D eigenvalue weighted by Gasteiger charge is -2.09. The summed E-state index contributed by atoms with van der Waals surface area (Å²) in [6, 6.07) is 5.39. The highest BCUT2D eigenvalue weighted by Crippen LogP contribution is 2.21. The number of amides is 2. The number of nitrogens with one attached hydrogen (secondary N) is 2. The van der Waals surface area contributed by atoms with E-state index in [-0.39, 0.29) is 6.03 Å². The van der Waals surface area contributed by atoms with Crippen LogP contribution in [0.5, 0.6) is 5.75 Å². The number of unbranched alkanes of at least 4 members (excludes halogenated alkanes) is 1. The van der Waals surface area contributed by atoms with Gasteiger partial charge in [-0.2, -0.15) is 0 Å². The van der Waals surface area contributed by atoms with E-state index < -0.39 is 0 Å². The minimum absolute atomic E-state index is 0.164. The van der Waals surface area contributed by atoms with Crippen LogP contribution in [0.25, 0.3) is 0 Å². The molecule has 94 valence electrons. The van der Waals surface area contributed by atoms with Crippen molar-refractivity contribution in [3.05, 3.63) is 23.8 Å². The Balaban J connectivity index is 2.51. The fraction of sp³-hybridized carbons (Fsp3) is 0.462. The molecule has 0 heterocycles. The van der Waals surface area contributed by atoms with Crippen molar-refractivity contribution in [2.24, 2.45) is 0 Å². The first-order chi connectivity index (χ1) is 8.17. The number of benzene rings is 1. The van der Waals surface area contributed by atoms with Crippen LogP contribution in [0.4, 0.5) is 10.5 Å². The van der Waals surface area contributed by atoms with Gasteiger partial charge in [-0.25, -0.2) is 4.79 Å². The van der Waals surface area contributed by atoms with E-state index >= 15 is 0 Å². The first-order valence-electron chi connectivity index (χ1n) is 5.87.